The molecule has 0 bridgehead atoms. The SMILES string of the molecule is Cc1cc(-n2c(C)cc(C(=O)CSCCO)c2C)no1. The molecule has 1 N–H and O–H groups in total. The van der Waals surface area contributed by atoms with E-state index in [1.165, 1.54) is 11.8 Å². The molecule has 0 aliphatic heterocycles. The Morgan fingerprint density at radius 3 is 2.75 bits per heavy atom. The number of carbonyl (C=O) groups is 1. The lowest BCUT2D eigenvalue weighted by molar-refractivity contribution is 0.102. The number of nitrogens with zero attached hydrogens (tertiary/aromatic N) is 2. The summed E-state index contributed by atoms with van der Waals surface area (Å²) >= 11 is 1.44. The molecule has 0 saturated heterocycles. The molecule has 108 valence electrons. The molecular formula is C14H18N2O3S. The fraction of sp³-hybridized carbons (Fsp3) is 0.429. The Labute approximate surface area is 122 Å². The first-order chi connectivity index (χ1) is 9.54. The van der Waals surface area contributed by atoms with Crippen LogP contribution in [0, 0.1) is 20.8 Å². The van der Waals surface area contributed by atoms with Crippen molar-refractivity contribution in [1.82, 2.24) is 9.72 Å². The molecule has 0 saturated carbocycles. The van der Waals surface area contributed by atoms with Gasteiger partial charge in [0.15, 0.2) is 11.6 Å². The van der Waals surface area contributed by atoms with Crippen molar-refractivity contribution in [3.05, 3.63) is 34.8 Å². The summed E-state index contributed by atoms with van der Waals surface area (Å²) in [6.07, 6.45) is 0. The number of aliphatic hydroxyl groups excluding tert-OH is 1. The van der Waals surface area contributed by atoms with E-state index >= 15 is 0 Å². The lowest BCUT2D eigenvalue weighted by Crippen LogP contribution is -2.06. The second-order valence-corrected chi connectivity index (χ2v) is 5.72. The van der Waals surface area contributed by atoms with E-state index in [0.29, 0.717) is 22.9 Å². The molecule has 6 heteroatoms. The lowest BCUT2D eigenvalue weighted by atomic mass is 10.2. The Morgan fingerprint density at radius 2 is 2.15 bits per heavy atom. The molecule has 2 aromatic heterocycles. The number of aryl methyl sites for hydroxylation is 2. The van der Waals surface area contributed by atoms with Crippen molar-refractivity contribution < 1.29 is 14.4 Å². The standard InChI is InChI=1S/C14H18N2O3S/c1-9-6-12(13(18)8-20-5-4-17)11(3)16(9)14-7-10(2)19-15-14/h6-7,17H,4-5,8H2,1-3H3. The van der Waals surface area contributed by atoms with E-state index in [1.807, 2.05) is 37.5 Å². The van der Waals surface area contributed by atoms with Gasteiger partial charge in [-0.1, -0.05) is 5.16 Å². The number of aromatic nitrogens is 2. The number of hydrogen-bond donors (Lipinski definition) is 1. The van der Waals surface area contributed by atoms with Crippen LogP contribution in [-0.4, -0.2) is 38.7 Å². The average molecular weight is 294 g/mol. The van der Waals surface area contributed by atoms with Crippen LogP contribution in [0.2, 0.25) is 0 Å². The van der Waals surface area contributed by atoms with E-state index < -0.39 is 0 Å². The summed E-state index contributed by atoms with van der Waals surface area (Å²) in [5.74, 6) is 2.46. The van der Waals surface area contributed by atoms with Crippen LogP contribution < -0.4 is 0 Å². The Morgan fingerprint density at radius 1 is 1.40 bits per heavy atom. The smallest absolute Gasteiger partial charge is 0.180 e. The number of carbonyl (C=O) groups excluding carboxylic acids is 1. The third-order valence-electron chi connectivity index (χ3n) is 3.04. The molecule has 2 heterocycles. The van der Waals surface area contributed by atoms with Gasteiger partial charge in [-0.2, -0.15) is 11.8 Å². The van der Waals surface area contributed by atoms with Crippen molar-refractivity contribution in [1.29, 1.82) is 0 Å². The van der Waals surface area contributed by atoms with Crippen LogP contribution in [0.15, 0.2) is 16.7 Å². The van der Waals surface area contributed by atoms with Gasteiger partial charge in [0.05, 0.1) is 12.4 Å². The third kappa shape index (κ3) is 2.96. The Kier molecular flexibility index (Phi) is 4.67. The maximum Gasteiger partial charge on any atom is 0.180 e. The zero-order chi connectivity index (χ0) is 14.7. The van der Waals surface area contributed by atoms with Gasteiger partial charge in [0.1, 0.15) is 5.76 Å². The molecule has 0 aliphatic carbocycles. The van der Waals surface area contributed by atoms with E-state index in [4.69, 9.17) is 9.63 Å². The van der Waals surface area contributed by atoms with Crippen molar-refractivity contribution in [3.8, 4) is 5.82 Å². The minimum atomic E-state index is 0.0722. The second kappa shape index (κ2) is 6.28. The van der Waals surface area contributed by atoms with Gasteiger partial charge < -0.3 is 9.63 Å². The molecule has 0 unspecified atom stereocenters. The summed E-state index contributed by atoms with van der Waals surface area (Å²) in [7, 11) is 0. The summed E-state index contributed by atoms with van der Waals surface area (Å²) in [6.45, 7) is 5.77. The predicted molar refractivity (Wildman–Crippen MR) is 78.8 cm³/mol. The average Bonchev–Trinajstić information content (AvgIpc) is 2.93. The summed E-state index contributed by atoms with van der Waals surface area (Å²) in [5.41, 5.74) is 2.52. The van der Waals surface area contributed by atoms with E-state index in [2.05, 4.69) is 5.16 Å². The maximum atomic E-state index is 12.2. The van der Waals surface area contributed by atoms with Crippen molar-refractivity contribution in [3.63, 3.8) is 0 Å². The van der Waals surface area contributed by atoms with Gasteiger partial charge in [-0.25, -0.2) is 0 Å². The Balaban J connectivity index is 2.27. The number of thioether (sulfide) groups is 1. The van der Waals surface area contributed by atoms with Crippen LogP contribution in [0.4, 0.5) is 0 Å². The highest BCUT2D eigenvalue weighted by Gasteiger charge is 2.18. The normalized spacial score (nSPS) is 11.0. The summed E-state index contributed by atoms with van der Waals surface area (Å²) < 4.78 is 7.01. The maximum absolute atomic E-state index is 12.2. The molecule has 0 radical (unpaired) electrons. The first kappa shape index (κ1) is 14.9. The lowest BCUT2D eigenvalue weighted by Gasteiger charge is -2.05. The molecule has 0 aromatic carbocycles. The van der Waals surface area contributed by atoms with Crippen molar-refractivity contribution in [2.45, 2.75) is 20.8 Å². The highest BCUT2D eigenvalue weighted by atomic mass is 32.2. The molecule has 2 rings (SSSR count). The van der Waals surface area contributed by atoms with Crippen LogP contribution in [0.5, 0.6) is 0 Å². The zero-order valence-electron chi connectivity index (χ0n) is 11.8. The number of rotatable bonds is 6. The number of Topliss-reactive ketones (excluding diaryl/α,β-unsaturated/α-hetero) is 1. The van der Waals surface area contributed by atoms with Crippen LogP contribution in [-0.2, 0) is 0 Å². The monoisotopic (exact) mass is 294 g/mol. The Hall–Kier alpha value is -1.53. The third-order valence-corrected chi connectivity index (χ3v) is 3.98. The van der Waals surface area contributed by atoms with Crippen LogP contribution in [0.1, 0.15) is 27.5 Å². The summed E-state index contributed by atoms with van der Waals surface area (Å²) in [5, 5.41) is 12.7. The molecule has 0 atom stereocenters. The van der Waals surface area contributed by atoms with E-state index in [-0.39, 0.29) is 12.4 Å². The first-order valence-corrected chi connectivity index (χ1v) is 7.54. The Bertz CT molecular complexity index is 616. The van der Waals surface area contributed by atoms with E-state index in [9.17, 15) is 4.79 Å². The van der Waals surface area contributed by atoms with Gasteiger partial charge in [-0.3, -0.25) is 9.36 Å². The topological polar surface area (TPSA) is 68.3 Å². The highest BCUT2D eigenvalue weighted by molar-refractivity contribution is 8.00. The zero-order valence-corrected chi connectivity index (χ0v) is 12.7. The van der Waals surface area contributed by atoms with Crippen molar-refractivity contribution >= 4 is 17.5 Å². The molecular weight excluding hydrogens is 276 g/mol. The highest BCUT2D eigenvalue weighted by Crippen LogP contribution is 2.22. The fourth-order valence-electron chi connectivity index (χ4n) is 2.16. The molecule has 0 aliphatic rings. The van der Waals surface area contributed by atoms with Gasteiger partial charge >= 0.3 is 0 Å². The van der Waals surface area contributed by atoms with Crippen LogP contribution >= 0.6 is 11.8 Å². The molecule has 2 aromatic rings. The summed E-state index contributed by atoms with van der Waals surface area (Å²) in [6, 6.07) is 3.72. The van der Waals surface area contributed by atoms with Gasteiger partial charge in [-0.05, 0) is 26.8 Å². The number of hydrogen-bond acceptors (Lipinski definition) is 5. The van der Waals surface area contributed by atoms with Crippen molar-refractivity contribution in [2.24, 2.45) is 0 Å². The number of ketones is 1. The fourth-order valence-corrected chi connectivity index (χ4v) is 2.78. The van der Waals surface area contributed by atoms with E-state index in [0.717, 1.165) is 17.1 Å². The van der Waals surface area contributed by atoms with Gasteiger partial charge in [0.2, 0.25) is 0 Å². The van der Waals surface area contributed by atoms with Crippen LogP contribution in [0.3, 0.4) is 0 Å². The minimum absolute atomic E-state index is 0.0722. The number of aliphatic hydroxyl groups is 1. The molecule has 5 nitrogen and oxygen atoms in total. The van der Waals surface area contributed by atoms with Gasteiger partial charge in [0, 0.05) is 28.8 Å². The molecule has 0 amide bonds. The molecule has 20 heavy (non-hydrogen) atoms. The predicted octanol–water partition coefficient (Wildman–Crippen LogP) is 2.30. The summed E-state index contributed by atoms with van der Waals surface area (Å²) in [4.78, 5) is 12.2. The minimum Gasteiger partial charge on any atom is -0.396 e. The van der Waals surface area contributed by atoms with Gasteiger partial charge in [-0.15, -0.1) is 0 Å². The largest absolute Gasteiger partial charge is 0.396 e. The first-order valence-electron chi connectivity index (χ1n) is 6.39. The molecule has 0 fully saturated rings. The van der Waals surface area contributed by atoms with E-state index in [1.54, 1.807) is 0 Å². The van der Waals surface area contributed by atoms with Crippen molar-refractivity contribution in [2.75, 3.05) is 18.1 Å². The molecule has 0 spiro atoms. The quantitative estimate of drug-likeness (QED) is 0.654. The van der Waals surface area contributed by atoms with Gasteiger partial charge in [0.25, 0.3) is 0 Å². The van der Waals surface area contributed by atoms with Crippen LogP contribution in [0.25, 0.3) is 5.82 Å². The second-order valence-electron chi connectivity index (χ2n) is 4.62.